The van der Waals surface area contributed by atoms with E-state index in [4.69, 9.17) is 5.26 Å². The van der Waals surface area contributed by atoms with Crippen LogP contribution < -0.4 is 0 Å². The maximum absolute atomic E-state index is 13.5. The van der Waals surface area contributed by atoms with Crippen LogP contribution in [0.2, 0.25) is 0 Å². The quantitative estimate of drug-likeness (QED) is 0.742. The molecule has 1 aromatic carbocycles. The Labute approximate surface area is 97.7 Å². The number of nitriles is 1. The van der Waals surface area contributed by atoms with E-state index in [-0.39, 0.29) is 0 Å². The Hall–Kier alpha value is -2.15. The summed E-state index contributed by atoms with van der Waals surface area (Å²) in [6, 6.07) is 7.57. The third-order valence-corrected chi connectivity index (χ3v) is 2.67. The van der Waals surface area contributed by atoms with Crippen molar-refractivity contribution in [3.05, 3.63) is 52.9 Å². The van der Waals surface area contributed by atoms with E-state index in [9.17, 15) is 8.78 Å². The Balaban J connectivity index is 2.68. The van der Waals surface area contributed by atoms with Gasteiger partial charge < -0.3 is 4.57 Å². The predicted octanol–water partition coefficient (Wildman–Crippen LogP) is 3.24. The minimum atomic E-state index is -0.838. The van der Waals surface area contributed by atoms with E-state index in [1.54, 1.807) is 4.57 Å². The predicted molar refractivity (Wildman–Crippen MR) is 59.9 cm³/mol. The largest absolute Gasteiger partial charge is 0.318 e. The van der Waals surface area contributed by atoms with Crippen LogP contribution in [0, 0.1) is 36.8 Å². The van der Waals surface area contributed by atoms with Crippen LogP contribution in [-0.2, 0) is 0 Å². The van der Waals surface area contributed by atoms with Crippen molar-refractivity contribution in [2.24, 2.45) is 0 Å². The van der Waals surface area contributed by atoms with Gasteiger partial charge >= 0.3 is 0 Å². The van der Waals surface area contributed by atoms with E-state index in [2.05, 4.69) is 0 Å². The molecule has 0 aliphatic carbocycles. The lowest BCUT2D eigenvalue weighted by Gasteiger charge is -2.10. The highest BCUT2D eigenvalue weighted by Crippen LogP contribution is 2.21. The third kappa shape index (κ3) is 1.80. The number of aromatic nitrogens is 1. The molecule has 1 heterocycles. The maximum Gasteiger partial charge on any atom is 0.146 e. The Morgan fingerprint density at radius 1 is 1.06 bits per heavy atom. The molecule has 0 amide bonds. The fourth-order valence-corrected chi connectivity index (χ4v) is 1.87. The monoisotopic (exact) mass is 232 g/mol. The molecule has 2 aromatic rings. The second kappa shape index (κ2) is 4.02. The summed E-state index contributed by atoms with van der Waals surface area (Å²) in [5.41, 5.74) is 1.60. The molecule has 0 saturated carbocycles. The van der Waals surface area contributed by atoms with Crippen molar-refractivity contribution < 1.29 is 8.78 Å². The van der Waals surface area contributed by atoms with Gasteiger partial charge in [0.15, 0.2) is 0 Å². The molecule has 17 heavy (non-hydrogen) atoms. The molecular weight excluding hydrogens is 222 g/mol. The zero-order chi connectivity index (χ0) is 12.6. The summed E-state index contributed by atoms with van der Waals surface area (Å²) in [5, 5.41) is 8.59. The van der Waals surface area contributed by atoms with Crippen molar-refractivity contribution >= 4 is 0 Å². The summed E-state index contributed by atoms with van der Waals surface area (Å²) in [7, 11) is 0. The molecule has 0 bridgehead atoms. The van der Waals surface area contributed by atoms with E-state index in [1.807, 2.05) is 26.0 Å². The van der Waals surface area contributed by atoms with Crippen LogP contribution in [0.1, 0.15) is 17.0 Å². The van der Waals surface area contributed by atoms with Gasteiger partial charge in [-0.25, -0.2) is 8.78 Å². The summed E-state index contributed by atoms with van der Waals surface area (Å²) in [5.74, 6) is -1.68. The molecule has 0 radical (unpaired) electrons. The minimum Gasteiger partial charge on any atom is -0.318 e. The number of halogens is 2. The normalized spacial score (nSPS) is 10.3. The van der Waals surface area contributed by atoms with Crippen molar-refractivity contribution in [3.8, 4) is 11.8 Å². The molecule has 0 N–H and O–H groups in total. The Kier molecular flexibility index (Phi) is 2.68. The van der Waals surface area contributed by atoms with Crippen LogP contribution in [0.5, 0.6) is 0 Å². The zero-order valence-electron chi connectivity index (χ0n) is 9.46. The van der Waals surface area contributed by atoms with E-state index >= 15 is 0 Å². The number of nitrogens with zero attached hydrogens (tertiary/aromatic N) is 2. The molecule has 2 rings (SSSR count). The van der Waals surface area contributed by atoms with Crippen molar-refractivity contribution in [3.63, 3.8) is 0 Å². The highest BCUT2D eigenvalue weighted by Gasteiger charge is 2.13. The SMILES string of the molecule is Cc1ccc(C)n1-c1cc(F)c(C#N)c(F)c1. The molecule has 0 aliphatic rings. The van der Waals surface area contributed by atoms with Crippen LogP contribution in [0.25, 0.3) is 5.69 Å². The van der Waals surface area contributed by atoms with Crippen molar-refractivity contribution in [1.82, 2.24) is 4.57 Å². The molecule has 1 aromatic heterocycles. The molecular formula is C13H10F2N2. The standard InChI is InChI=1S/C13H10F2N2/c1-8-3-4-9(2)17(8)10-5-12(14)11(7-16)13(15)6-10/h3-6H,1-2H3. The smallest absolute Gasteiger partial charge is 0.146 e. The number of hydrogen-bond donors (Lipinski definition) is 0. The molecule has 0 unspecified atom stereocenters. The fourth-order valence-electron chi connectivity index (χ4n) is 1.87. The van der Waals surface area contributed by atoms with Crippen LogP contribution in [0.15, 0.2) is 24.3 Å². The number of aryl methyl sites for hydroxylation is 2. The van der Waals surface area contributed by atoms with Crippen LogP contribution in [0.4, 0.5) is 8.78 Å². The molecule has 0 saturated heterocycles. The molecule has 2 nitrogen and oxygen atoms in total. The van der Waals surface area contributed by atoms with Crippen molar-refractivity contribution in [2.45, 2.75) is 13.8 Å². The maximum atomic E-state index is 13.5. The van der Waals surface area contributed by atoms with Crippen molar-refractivity contribution in [2.75, 3.05) is 0 Å². The summed E-state index contributed by atoms with van der Waals surface area (Å²) in [4.78, 5) is 0. The van der Waals surface area contributed by atoms with Gasteiger partial charge in [-0.05, 0) is 38.1 Å². The second-order valence-corrected chi connectivity index (χ2v) is 3.85. The first kappa shape index (κ1) is 11.3. The van der Waals surface area contributed by atoms with E-state index in [1.165, 1.54) is 18.2 Å². The second-order valence-electron chi connectivity index (χ2n) is 3.85. The Morgan fingerprint density at radius 2 is 1.53 bits per heavy atom. The van der Waals surface area contributed by atoms with Gasteiger partial charge in [-0.15, -0.1) is 0 Å². The van der Waals surface area contributed by atoms with Gasteiger partial charge in [0.05, 0.1) is 5.69 Å². The lowest BCUT2D eigenvalue weighted by atomic mass is 10.2. The summed E-state index contributed by atoms with van der Waals surface area (Å²) in [6.45, 7) is 3.70. The lowest BCUT2D eigenvalue weighted by molar-refractivity contribution is 0.574. The van der Waals surface area contributed by atoms with Gasteiger partial charge in [0.25, 0.3) is 0 Å². The van der Waals surface area contributed by atoms with Gasteiger partial charge in [0.2, 0.25) is 0 Å². The zero-order valence-corrected chi connectivity index (χ0v) is 9.46. The average Bonchev–Trinajstić information content (AvgIpc) is 2.58. The number of hydrogen-bond acceptors (Lipinski definition) is 1. The molecule has 0 fully saturated rings. The highest BCUT2D eigenvalue weighted by molar-refractivity contribution is 5.44. The molecule has 0 spiro atoms. The Morgan fingerprint density at radius 3 is 1.94 bits per heavy atom. The molecule has 86 valence electrons. The highest BCUT2D eigenvalue weighted by atomic mass is 19.1. The van der Waals surface area contributed by atoms with Gasteiger partial charge in [0, 0.05) is 11.4 Å². The third-order valence-electron chi connectivity index (χ3n) is 2.67. The van der Waals surface area contributed by atoms with Gasteiger partial charge in [-0.1, -0.05) is 0 Å². The minimum absolute atomic E-state index is 0.388. The molecule has 0 aliphatic heterocycles. The van der Waals surface area contributed by atoms with Crippen LogP contribution in [0.3, 0.4) is 0 Å². The summed E-state index contributed by atoms with van der Waals surface area (Å²) >= 11 is 0. The fraction of sp³-hybridized carbons (Fsp3) is 0.154. The Bertz CT molecular complexity index is 578. The van der Waals surface area contributed by atoms with Gasteiger partial charge in [-0.2, -0.15) is 5.26 Å². The van der Waals surface area contributed by atoms with E-state index < -0.39 is 17.2 Å². The lowest BCUT2D eigenvalue weighted by Crippen LogP contribution is -2.02. The van der Waals surface area contributed by atoms with E-state index in [0.29, 0.717) is 5.69 Å². The topological polar surface area (TPSA) is 28.7 Å². The first-order valence-corrected chi connectivity index (χ1v) is 5.09. The summed E-state index contributed by atoms with van der Waals surface area (Å²) < 4.78 is 28.7. The molecule has 0 atom stereocenters. The molecule has 4 heteroatoms. The first-order chi connectivity index (χ1) is 8.04. The van der Waals surface area contributed by atoms with Crippen LogP contribution in [-0.4, -0.2) is 4.57 Å². The average molecular weight is 232 g/mol. The number of rotatable bonds is 1. The summed E-state index contributed by atoms with van der Waals surface area (Å²) in [6.07, 6.45) is 0. The van der Waals surface area contributed by atoms with E-state index in [0.717, 1.165) is 11.4 Å². The first-order valence-electron chi connectivity index (χ1n) is 5.09. The number of benzene rings is 1. The van der Waals surface area contributed by atoms with Crippen molar-refractivity contribution in [1.29, 1.82) is 5.26 Å². The van der Waals surface area contributed by atoms with Gasteiger partial charge in [-0.3, -0.25) is 0 Å². The van der Waals surface area contributed by atoms with Crippen LogP contribution >= 0.6 is 0 Å². The van der Waals surface area contributed by atoms with Gasteiger partial charge in [0.1, 0.15) is 23.3 Å².